The highest BCUT2D eigenvalue weighted by atomic mass is 16.5. The molecule has 4 nitrogen and oxygen atoms in total. The first-order valence-electron chi connectivity index (χ1n) is 10.8. The molecule has 3 aromatic rings. The molecule has 2 aliphatic rings. The van der Waals surface area contributed by atoms with Gasteiger partial charge in [-0.2, -0.15) is 5.26 Å². The van der Waals surface area contributed by atoms with E-state index in [4.69, 9.17) is 4.74 Å². The topological polar surface area (TPSA) is 62.1 Å². The molecule has 1 unspecified atom stereocenters. The van der Waals surface area contributed by atoms with Gasteiger partial charge in [-0.25, -0.2) is 0 Å². The monoisotopic (exact) mass is 420 g/mol. The maximum Gasteiger partial charge on any atom is 0.212 e. The largest absolute Gasteiger partial charge is 0.440 e. The first-order valence-corrected chi connectivity index (χ1v) is 10.8. The Hall–Kier alpha value is -3.84. The van der Waals surface area contributed by atoms with Gasteiger partial charge in [0.1, 0.15) is 17.4 Å². The minimum atomic E-state index is -0.272. The van der Waals surface area contributed by atoms with Crippen molar-refractivity contribution in [2.45, 2.75) is 32.6 Å². The smallest absolute Gasteiger partial charge is 0.212 e. The van der Waals surface area contributed by atoms with Gasteiger partial charge >= 0.3 is 0 Å². The van der Waals surface area contributed by atoms with E-state index in [1.807, 2.05) is 54.6 Å². The Balaban J connectivity index is 1.68. The third-order valence-electron chi connectivity index (χ3n) is 6.15. The number of benzene rings is 3. The standard InChI is InChI=1S/C28H24N2O2/c1-28(2)15-20(14-21(31)16-28)30-27-23(17-29)25(19-9-4-3-5-10-19)26-22-11-7-6-8-18(22)12-13-24(26)32-27/h3-14,25,30H,15-16H2,1-2H3. The molecule has 5 rings (SSSR count). The van der Waals surface area contributed by atoms with Crippen LogP contribution in [-0.4, -0.2) is 5.78 Å². The summed E-state index contributed by atoms with van der Waals surface area (Å²) in [5, 5.41) is 15.7. The molecule has 0 radical (unpaired) electrons. The van der Waals surface area contributed by atoms with Crippen LogP contribution in [0.4, 0.5) is 0 Å². The Morgan fingerprint density at radius 2 is 1.75 bits per heavy atom. The average Bonchev–Trinajstić information content (AvgIpc) is 2.77. The molecular weight excluding hydrogens is 396 g/mol. The Kier molecular flexibility index (Phi) is 4.83. The van der Waals surface area contributed by atoms with Crippen LogP contribution in [0.1, 0.15) is 43.7 Å². The SMILES string of the molecule is CC1(C)CC(=O)C=C(NC2=C(C#N)C(c3ccccc3)c3c(ccc4ccccc34)O2)C1. The first kappa shape index (κ1) is 20.1. The number of fused-ring (bicyclic) bond motifs is 3. The number of nitrogens with one attached hydrogen (secondary N) is 1. The van der Waals surface area contributed by atoms with E-state index in [1.54, 1.807) is 6.08 Å². The highest BCUT2D eigenvalue weighted by Crippen LogP contribution is 2.46. The number of nitriles is 1. The summed E-state index contributed by atoms with van der Waals surface area (Å²) in [5.74, 6) is 0.943. The van der Waals surface area contributed by atoms with Gasteiger partial charge in [0.2, 0.25) is 5.88 Å². The van der Waals surface area contributed by atoms with Gasteiger partial charge in [-0.1, -0.05) is 74.5 Å². The highest BCUT2D eigenvalue weighted by Gasteiger charge is 2.35. The molecule has 0 fully saturated rings. The van der Waals surface area contributed by atoms with Crippen molar-refractivity contribution in [2.24, 2.45) is 5.41 Å². The van der Waals surface area contributed by atoms with Crippen molar-refractivity contribution < 1.29 is 9.53 Å². The lowest BCUT2D eigenvalue weighted by Crippen LogP contribution is -2.31. The lowest BCUT2D eigenvalue weighted by Gasteiger charge is -2.33. The van der Waals surface area contributed by atoms with Crippen LogP contribution in [0.3, 0.4) is 0 Å². The number of carbonyl (C=O) groups is 1. The molecule has 158 valence electrons. The molecular formula is C28H24N2O2. The van der Waals surface area contributed by atoms with Crippen LogP contribution in [0.25, 0.3) is 10.8 Å². The van der Waals surface area contributed by atoms with Crippen molar-refractivity contribution in [1.29, 1.82) is 5.26 Å². The number of hydrogen-bond donors (Lipinski definition) is 1. The summed E-state index contributed by atoms with van der Waals surface area (Å²) >= 11 is 0. The highest BCUT2D eigenvalue weighted by molar-refractivity contribution is 5.92. The molecule has 1 atom stereocenters. The van der Waals surface area contributed by atoms with Gasteiger partial charge in [0.15, 0.2) is 5.78 Å². The number of allylic oxidation sites excluding steroid dienone is 3. The minimum absolute atomic E-state index is 0.0877. The second kappa shape index (κ2) is 7.69. The van der Waals surface area contributed by atoms with Crippen molar-refractivity contribution in [3.8, 4) is 11.8 Å². The number of nitrogens with zero attached hydrogens (tertiary/aromatic N) is 1. The molecule has 0 saturated carbocycles. The predicted octanol–water partition coefficient (Wildman–Crippen LogP) is 5.96. The molecule has 0 aromatic heterocycles. The molecule has 1 heterocycles. The first-order chi connectivity index (χ1) is 15.4. The van der Waals surface area contributed by atoms with Crippen molar-refractivity contribution >= 4 is 16.6 Å². The number of carbonyl (C=O) groups excluding carboxylic acids is 1. The third-order valence-corrected chi connectivity index (χ3v) is 6.15. The van der Waals surface area contributed by atoms with Gasteiger partial charge < -0.3 is 10.1 Å². The minimum Gasteiger partial charge on any atom is -0.440 e. The normalized spacial score (nSPS) is 19.6. The van der Waals surface area contributed by atoms with Gasteiger partial charge in [0.25, 0.3) is 0 Å². The lowest BCUT2D eigenvalue weighted by atomic mass is 9.78. The average molecular weight is 421 g/mol. The molecule has 0 spiro atoms. The molecule has 4 heteroatoms. The van der Waals surface area contributed by atoms with Crippen LogP contribution in [-0.2, 0) is 4.79 Å². The van der Waals surface area contributed by atoms with E-state index in [9.17, 15) is 10.1 Å². The zero-order valence-corrected chi connectivity index (χ0v) is 18.2. The predicted molar refractivity (Wildman–Crippen MR) is 125 cm³/mol. The Labute approximate surface area is 187 Å². The Morgan fingerprint density at radius 1 is 1.00 bits per heavy atom. The molecule has 0 amide bonds. The second-order valence-electron chi connectivity index (χ2n) is 9.28. The van der Waals surface area contributed by atoms with Gasteiger partial charge in [0, 0.05) is 23.8 Å². The molecule has 1 aliphatic heterocycles. The Morgan fingerprint density at radius 3 is 2.50 bits per heavy atom. The van der Waals surface area contributed by atoms with E-state index in [1.165, 1.54) is 0 Å². The van der Waals surface area contributed by atoms with E-state index < -0.39 is 0 Å². The molecule has 3 aromatic carbocycles. The van der Waals surface area contributed by atoms with Crippen LogP contribution in [0.15, 0.2) is 90.0 Å². The number of rotatable bonds is 3. The van der Waals surface area contributed by atoms with Crippen LogP contribution < -0.4 is 10.1 Å². The zero-order chi connectivity index (χ0) is 22.3. The molecule has 1 aliphatic carbocycles. The quantitative estimate of drug-likeness (QED) is 0.568. The van der Waals surface area contributed by atoms with Gasteiger partial charge in [0.05, 0.1) is 5.92 Å². The molecule has 32 heavy (non-hydrogen) atoms. The maximum atomic E-state index is 12.3. The van der Waals surface area contributed by atoms with Crippen LogP contribution >= 0.6 is 0 Å². The fourth-order valence-electron chi connectivity index (χ4n) is 4.86. The fraction of sp³-hybridized carbons (Fsp3) is 0.214. The third kappa shape index (κ3) is 3.56. The van der Waals surface area contributed by atoms with Crippen LogP contribution in [0.5, 0.6) is 5.75 Å². The van der Waals surface area contributed by atoms with E-state index in [2.05, 4.69) is 37.4 Å². The lowest BCUT2D eigenvalue weighted by molar-refractivity contribution is -0.117. The summed E-state index contributed by atoms with van der Waals surface area (Å²) < 4.78 is 6.30. The van der Waals surface area contributed by atoms with E-state index in [0.29, 0.717) is 24.3 Å². The summed E-state index contributed by atoms with van der Waals surface area (Å²) in [7, 11) is 0. The van der Waals surface area contributed by atoms with Crippen molar-refractivity contribution in [1.82, 2.24) is 5.32 Å². The van der Waals surface area contributed by atoms with Gasteiger partial charge in [-0.3, -0.25) is 4.79 Å². The zero-order valence-electron chi connectivity index (χ0n) is 18.2. The molecule has 0 saturated heterocycles. The van der Waals surface area contributed by atoms with E-state index >= 15 is 0 Å². The number of ether oxygens (including phenoxy) is 1. The van der Waals surface area contributed by atoms with Crippen molar-refractivity contribution in [3.05, 3.63) is 101 Å². The van der Waals surface area contributed by atoms with Crippen molar-refractivity contribution in [2.75, 3.05) is 0 Å². The van der Waals surface area contributed by atoms with E-state index in [-0.39, 0.29) is 17.1 Å². The van der Waals surface area contributed by atoms with Gasteiger partial charge in [-0.05, 0) is 34.2 Å². The summed E-state index contributed by atoms with van der Waals surface area (Å²) in [6.07, 6.45) is 2.87. The van der Waals surface area contributed by atoms with Crippen LogP contribution in [0.2, 0.25) is 0 Å². The summed E-state index contributed by atoms with van der Waals surface area (Å²) in [6.45, 7) is 4.16. The molecule has 1 N–H and O–H groups in total. The number of ketones is 1. The summed E-state index contributed by atoms with van der Waals surface area (Å²) in [6, 6.07) is 24.6. The molecule has 0 bridgehead atoms. The summed E-state index contributed by atoms with van der Waals surface area (Å²) in [4.78, 5) is 12.3. The number of hydrogen-bond acceptors (Lipinski definition) is 4. The van der Waals surface area contributed by atoms with Crippen LogP contribution in [0, 0.1) is 16.7 Å². The van der Waals surface area contributed by atoms with E-state index in [0.717, 1.165) is 33.3 Å². The summed E-state index contributed by atoms with van der Waals surface area (Å²) in [5.41, 5.74) is 3.17. The Bertz CT molecular complexity index is 1330. The maximum absolute atomic E-state index is 12.3. The van der Waals surface area contributed by atoms with Gasteiger partial charge in [-0.15, -0.1) is 0 Å². The second-order valence-corrected chi connectivity index (χ2v) is 9.28. The van der Waals surface area contributed by atoms with Crippen molar-refractivity contribution in [3.63, 3.8) is 0 Å². The fourth-order valence-corrected chi connectivity index (χ4v) is 4.86.